The Morgan fingerprint density at radius 3 is 2.86 bits per heavy atom. The number of rotatable bonds is 4. The average molecular weight is 275 g/mol. The first kappa shape index (κ1) is 11.8. The first-order valence-corrected chi connectivity index (χ1v) is 5.55. The third-order valence-electron chi connectivity index (χ3n) is 1.74. The topological polar surface area (TPSA) is 12.0 Å². The van der Waals surface area contributed by atoms with Crippen molar-refractivity contribution in [1.82, 2.24) is 5.32 Å². The van der Waals surface area contributed by atoms with Gasteiger partial charge in [0.1, 0.15) is 0 Å². The molecule has 0 radical (unpaired) electrons. The molecule has 0 aliphatic heterocycles. The highest BCUT2D eigenvalue weighted by molar-refractivity contribution is 9.10. The summed E-state index contributed by atoms with van der Waals surface area (Å²) in [6.45, 7) is 7.51. The SMILES string of the molecule is C=C(C)CNCc1ccc(Cl)c(Br)c1. The van der Waals surface area contributed by atoms with Crippen molar-refractivity contribution < 1.29 is 0 Å². The first-order valence-electron chi connectivity index (χ1n) is 4.38. The van der Waals surface area contributed by atoms with Crippen molar-refractivity contribution in [2.75, 3.05) is 6.54 Å². The largest absolute Gasteiger partial charge is 0.309 e. The second-order valence-electron chi connectivity index (χ2n) is 3.31. The molecule has 0 aliphatic rings. The van der Waals surface area contributed by atoms with E-state index in [0.717, 1.165) is 28.2 Å². The van der Waals surface area contributed by atoms with Gasteiger partial charge in [-0.25, -0.2) is 0 Å². The molecule has 1 N–H and O–H groups in total. The van der Waals surface area contributed by atoms with E-state index in [2.05, 4.69) is 27.8 Å². The van der Waals surface area contributed by atoms with Crippen LogP contribution in [0.15, 0.2) is 34.8 Å². The van der Waals surface area contributed by atoms with E-state index in [9.17, 15) is 0 Å². The van der Waals surface area contributed by atoms with Gasteiger partial charge in [-0.15, -0.1) is 0 Å². The van der Waals surface area contributed by atoms with Crippen LogP contribution in [-0.2, 0) is 6.54 Å². The maximum Gasteiger partial charge on any atom is 0.0548 e. The minimum atomic E-state index is 0.744. The molecule has 0 heterocycles. The normalized spacial score (nSPS) is 10.2. The van der Waals surface area contributed by atoms with Crippen molar-refractivity contribution in [3.8, 4) is 0 Å². The van der Waals surface area contributed by atoms with Crippen molar-refractivity contribution in [1.29, 1.82) is 0 Å². The van der Waals surface area contributed by atoms with Gasteiger partial charge < -0.3 is 5.32 Å². The van der Waals surface area contributed by atoms with E-state index < -0.39 is 0 Å². The average Bonchev–Trinajstić information content (AvgIpc) is 2.10. The fraction of sp³-hybridized carbons (Fsp3) is 0.273. The summed E-state index contributed by atoms with van der Waals surface area (Å²) in [5.74, 6) is 0. The molecule has 3 heteroatoms. The molecular weight excluding hydrogens is 261 g/mol. The van der Waals surface area contributed by atoms with E-state index in [1.165, 1.54) is 5.56 Å². The Morgan fingerprint density at radius 2 is 2.29 bits per heavy atom. The number of halogens is 2. The Bertz CT molecular complexity index is 336. The van der Waals surface area contributed by atoms with E-state index >= 15 is 0 Å². The molecule has 1 nitrogen and oxygen atoms in total. The molecule has 0 saturated heterocycles. The molecule has 0 aliphatic carbocycles. The highest BCUT2D eigenvalue weighted by Crippen LogP contribution is 2.22. The molecule has 0 spiro atoms. The number of benzene rings is 1. The Morgan fingerprint density at radius 1 is 1.57 bits per heavy atom. The van der Waals surface area contributed by atoms with Crippen molar-refractivity contribution in [2.45, 2.75) is 13.5 Å². The molecule has 0 bridgehead atoms. The van der Waals surface area contributed by atoms with Crippen LogP contribution in [0.25, 0.3) is 0 Å². The molecule has 0 amide bonds. The standard InChI is InChI=1S/C11H13BrClN/c1-8(2)6-14-7-9-3-4-11(13)10(12)5-9/h3-5,14H,1,6-7H2,2H3. The van der Waals surface area contributed by atoms with Gasteiger partial charge in [0.05, 0.1) is 5.02 Å². The van der Waals surface area contributed by atoms with Gasteiger partial charge in [-0.3, -0.25) is 0 Å². The van der Waals surface area contributed by atoms with Crippen LogP contribution in [0.3, 0.4) is 0 Å². The van der Waals surface area contributed by atoms with E-state index in [0.29, 0.717) is 0 Å². The zero-order valence-corrected chi connectivity index (χ0v) is 10.5. The van der Waals surface area contributed by atoms with Crippen molar-refractivity contribution >= 4 is 27.5 Å². The Labute approximate surface area is 98.3 Å². The maximum atomic E-state index is 5.88. The summed E-state index contributed by atoms with van der Waals surface area (Å²) < 4.78 is 0.939. The van der Waals surface area contributed by atoms with Crippen LogP contribution in [0, 0.1) is 0 Å². The van der Waals surface area contributed by atoms with Gasteiger partial charge in [-0.05, 0) is 40.5 Å². The first-order chi connectivity index (χ1) is 6.59. The quantitative estimate of drug-likeness (QED) is 0.824. The molecule has 1 rings (SSSR count). The molecule has 1 aromatic rings. The highest BCUT2D eigenvalue weighted by atomic mass is 79.9. The number of hydrogen-bond acceptors (Lipinski definition) is 1. The zero-order chi connectivity index (χ0) is 10.6. The predicted octanol–water partition coefficient (Wildman–Crippen LogP) is 3.77. The lowest BCUT2D eigenvalue weighted by Crippen LogP contribution is -2.14. The van der Waals surface area contributed by atoms with Crippen LogP contribution in [0.2, 0.25) is 5.02 Å². The zero-order valence-electron chi connectivity index (χ0n) is 8.11. The Balaban J connectivity index is 2.51. The van der Waals surface area contributed by atoms with E-state index in [1.54, 1.807) is 0 Å². The van der Waals surface area contributed by atoms with E-state index in [4.69, 9.17) is 11.6 Å². The highest BCUT2D eigenvalue weighted by Gasteiger charge is 1.98. The predicted molar refractivity (Wildman–Crippen MR) is 65.7 cm³/mol. The molecule has 0 fully saturated rings. The molecule has 14 heavy (non-hydrogen) atoms. The molecule has 1 aromatic carbocycles. The number of hydrogen-bond donors (Lipinski definition) is 1. The second-order valence-corrected chi connectivity index (χ2v) is 4.57. The van der Waals surface area contributed by atoms with Crippen LogP contribution < -0.4 is 5.32 Å². The van der Waals surface area contributed by atoms with Gasteiger partial charge in [-0.2, -0.15) is 0 Å². The van der Waals surface area contributed by atoms with Gasteiger partial charge in [-0.1, -0.05) is 29.8 Å². The van der Waals surface area contributed by atoms with Gasteiger partial charge in [0.25, 0.3) is 0 Å². The summed E-state index contributed by atoms with van der Waals surface area (Å²) in [6.07, 6.45) is 0. The summed E-state index contributed by atoms with van der Waals surface area (Å²) in [5.41, 5.74) is 2.35. The van der Waals surface area contributed by atoms with Crippen molar-refractivity contribution in [3.63, 3.8) is 0 Å². The van der Waals surface area contributed by atoms with Gasteiger partial charge in [0.15, 0.2) is 0 Å². The van der Waals surface area contributed by atoms with Gasteiger partial charge in [0.2, 0.25) is 0 Å². The van der Waals surface area contributed by atoms with Crippen molar-refractivity contribution in [2.24, 2.45) is 0 Å². The van der Waals surface area contributed by atoms with Crippen LogP contribution >= 0.6 is 27.5 Å². The Kier molecular flexibility index (Phi) is 4.66. The molecule has 0 atom stereocenters. The molecular formula is C11H13BrClN. The fourth-order valence-electron chi connectivity index (χ4n) is 1.07. The van der Waals surface area contributed by atoms with E-state index in [-0.39, 0.29) is 0 Å². The number of nitrogens with one attached hydrogen (secondary N) is 1. The summed E-state index contributed by atoms with van der Waals surface area (Å²) in [5, 5.41) is 4.03. The third-order valence-corrected chi connectivity index (χ3v) is 2.95. The second kappa shape index (κ2) is 5.54. The Hall–Kier alpha value is -0.310. The lowest BCUT2D eigenvalue weighted by molar-refractivity contribution is 0.741. The minimum Gasteiger partial charge on any atom is -0.309 e. The summed E-state index contributed by atoms with van der Waals surface area (Å²) in [7, 11) is 0. The maximum absolute atomic E-state index is 5.88. The molecule has 0 unspecified atom stereocenters. The van der Waals surface area contributed by atoms with Crippen LogP contribution in [0.5, 0.6) is 0 Å². The summed E-state index contributed by atoms with van der Waals surface area (Å²) in [6, 6.07) is 5.93. The molecule has 76 valence electrons. The van der Waals surface area contributed by atoms with Gasteiger partial charge in [0, 0.05) is 17.6 Å². The van der Waals surface area contributed by atoms with Crippen LogP contribution in [0.1, 0.15) is 12.5 Å². The van der Waals surface area contributed by atoms with E-state index in [1.807, 2.05) is 25.1 Å². The summed E-state index contributed by atoms with van der Waals surface area (Å²) in [4.78, 5) is 0. The monoisotopic (exact) mass is 273 g/mol. The van der Waals surface area contributed by atoms with Crippen LogP contribution in [0.4, 0.5) is 0 Å². The lowest BCUT2D eigenvalue weighted by Gasteiger charge is -2.05. The smallest absolute Gasteiger partial charge is 0.0548 e. The van der Waals surface area contributed by atoms with Crippen molar-refractivity contribution in [3.05, 3.63) is 45.4 Å². The molecule has 0 saturated carbocycles. The summed E-state index contributed by atoms with van der Waals surface area (Å²) >= 11 is 9.27. The van der Waals surface area contributed by atoms with Gasteiger partial charge >= 0.3 is 0 Å². The van der Waals surface area contributed by atoms with Crippen LogP contribution in [-0.4, -0.2) is 6.54 Å². The fourth-order valence-corrected chi connectivity index (χ4v) is 1.61. The third kappa shape index (κ3) is 3.82. The molecule has 0 aromatic heterocycles. The lowest BCUT2D eigenvalue weighted by atomic mass is 10.2. The minimum absolute atomic E-state index is 0.744.